The van der Waals surface area contributed by atoms with Gasteiger partial charge < -0.3 is 19.5 Å². The van der Waals surface area contributed by atoms with Crippen LogP contribution in [0.4, 0.5) is 5.69 Å². The summed E-state index contributed by atoms with van der Waals surface area (Å²) < 4.78 is 18.0. The molecule has 0 bridgehead atoms. The van der Waals surface area contributed by atoms with Crippen molar-refractivity contribution in [2.75, 3.05) is 32.8 Å². The number of benzene rings is 3. The first kappa shape index (κ1) is 28.4. The van der Waals surface area contributed by atoms with Crippen LogP contribution in [-0.4, -0.2) is 54.7 Å². The highest BCUT2D eigenvalue weighted by atomic mass is 16.5. The first-order valence-corrected chi connectivity index (χ1v) is 13.1. The molecule has 1 heterocycles. The monoisotopic (exact) mass is 545 g/mol. The van der Waals surface area contributed by atoms with Crippen molar-refractivity contribution >= 4 is 28.5 Å². The third-order valence-corrected chi connectivity index (χ3v) is 6.56. The van der Waals surface area contributed by atoms with Crippen LogP contribution in [0.25, 0.3) is 11.0 Å². The highest BCUT2D eigenvalue weighted by Crippen LogP contribution is 2.38. The van der Waals surface area contributed by atoms with Gasteiger partial charge in [0.15, 0.2) is 0 Å². The fourth-order valence-electron chi connectivity index (χ4n) is 4.45. The second kappa shape index (κ2) is 13.0. The summed E-state index contributed by atoms with van der Waals surface area (Å²) in [6.45, 7) is 4.49. The number of aromatic nitrogens is 3. The van der Waals surface area contributed by atoms with Crippen molar-refractivity contribution in [1.29, 1.82) is 0 Å². The second-order valence-corrected chi connectivity index (χ2v) is 9.69. The Morgan fingerprint density at radius 1 is 0.925 bits per heavy atom. The van der Waals surface area contributed by atoms with Gasteiger partial charge in [0.05, 0.1) is 32.5 Å². The second-order valence-electron chi connectivity index (χ2n) is 9.69. The van der Waals surface area contributed by atoms with E-state index in [1.54, 1.807) is 56.7 Å². The van der Waals surface area contributed by atoms with Crippen LogP contribution in [0.5, 0.6) is 17.2 Å². The summed E-state index contributed by atoms with van der Waals surface area (Å²) >= 11 is 0. The number of nitrogens with zero attached hydrogens (tertiary/aromatic N) is 4. The standard InChI is InChI=1S/C30H35N5O5/c1-20(2)15-16-31-30(37)29(21-9-8-10-22(17-21)38-3)35(26-14-13-23(39-4)18-27(26)40-5)28(36)19-34-25-12-7-6-11-24(25)32-33-34/h6-14,17-18,20,29H,15-16,19H2,1-5H3,(H,31,37). The summed E-state index contributed by atoms with van der Waals surface area (Å²) in [5.41, 5.74) is 2.36. The van der Waals surface area contributed by atoms with Gasteiger partial charge in [-0.1, -0.05) is 43.3 Å². The zero-order valence-electron chi connectivity index (χ0n) is 23.5. The SMILES string of the molecule is COc1cccc(C(C(=O)NCCC(C)C)N(C(=O)Cn2nnc3ccccc32)c2ccc(OC)cc2OC)c1. The smallest absolute Gasteiger partial charge is 0.249 e. The maximum Gasteiger partial charge on any atom is 0.249 e. The number of nitrogens with one attached hydrogen (secondary N) is 1. The van der Waals surface area contributed by atoms with Crippen molar-refractivity contribution in [2.24, 2.45) is 5.92 Å². The van der Waals surface area contributed by atoms with Gasteiger partial charge >= 0.3 is 0 Å². The van der Waals surface area contributed by atoms with E-state index in [4.69, 9.17) is 14.2 Å². The first-order valence-electron chi connectivity index (χ1n) is 13.1. The van der Waals surface area contributed by atoms with Gasteiger partial charge in [-0.3, -0.25) is 14.5 Å². The molecule has 1 unspecified atom stereocenters. The summed E-state index contributed by atoms with van der Waals surface area (Å²) in [5, 5.41) is 11.4. The molecule has 0 aliphatic heterocycles. The average molecular weight is 546 g/mol. The lowest BCUT2D eigenvalue weighted by Crippen LogP contribution is -2.45. The Kier molecular flexibility index (Phi) is 9.21. The quantitative estimate of drug-likeness (QED) is 0.281. The zero-order chi connectivity index (χ0) is 28.6. The number of fused-ring (bicyclic) bond motifs is 1. The van der Waals surface area contributed by atoms with E-state index in [2.05, 4.69) is 29.5 Å². The van der Waals surface area contributed by atoms with Crippen LogP contribution in [0.1, 0.15) is 31.9 Å². The van der Waals surface area contributed by atoms with E-state index in [0.29, 0.717) is 52.0 Å². The third kappa shape index (κ3) is 6.33. The van der Waals surface area contributed by atoms with Gasteiger partial charge in [-0.05, 0) is 54.3 Å². The Labute approximate surface area is 233 Å². The van der Waals surface area contributed by atoms with Gasteiger partial charge in [-0.2, -0.15) is 0 Å². The van der Waals surface area contributed by atoms with Gasteiger partial charge in [0.2, 0.25) is 11.8 Å². The summed E-state index contributed by atoms with van der Waals surface area (Å²) in [7, 11) is 4.62. The van der Waals surface area contributed by atoms with E-state index in [9.17, 15) is 9.59 Å². The molecule has 0 saturated heterocycles. The van der Waals surface area contributed by atoms with Gasteiger partial charge in [0, 0.05) is 12.6 Å². The molecule has 0 fully saturated rings. The summed E-state index contributed by atoms with van der Waals surface area (Å²) in [5.74, 6) is 1.17. The molecule has 10 heteroatoms. The molecule has 1 aromatic heterocycles. The Bertz CT molecular complexity index is 1470. The predicted molar refractivity (Wildman–Crippen MR) is 153 cm³/mol. The number of hydrogen-bond donors (Lipinski definition) is 1. The maximum atomic E-state index is 14.3. The zero-order valence-corrected chi connectivity index (χ0v) is 23.5. The Hall–Kier alpha value is -4.60. The number of methoxy groups -OCH3 is 3. The highest BCUT2D eigenvalue weighted by Gasteiger charge is 2.35. The van der Waals surface area contributed by atoms with E-state index in [-0.39, 0.29) is 18.4 Å². The molecule has 0 aliphatic carbocycles. The number of carbonyl (C=O) groups excluding carboxylic acids is 2. The Balaban J connectivity index is 1.85. The summed E-state index contributed by atoms with van der Waals surface area (Å²) in [4.78, 5) is 29.7. The van der Waals surface area contributed by atoms with Gasteiger partial charge in [-0.25, -0.2) is 4.68 Å². The molecule has 0 radical (unpaired) electrons. The molecule has 0 aliphatic rings. The molecule has 2 amide bonds. The van der Waals surface area contributed by atoms with Crippen LogP contribution in [-0.2, 0) is 16.1 Å². The molecule has 10 nitrogen and oxygen atoms in total. The lowest BCUT2D eigenvalue weighted by Gasteiger charge is -2.32. The van der Waals surface area contributed by atoms with Crippen LogP contribution in [0.3, 0.4) is 0 Å². The number of hydrogen-bond acceptors (Lipinski definition) is 7. The molecule has 4 rings (SSSR count). The number of anilines is 1. The lowest BCUT2D eigenvalue weighted by atomic mass is 10.0. The largest absolute Gasteiger partial charge is 0.497 e. The molecule has 1 N–H and O–H groups in total. The third-order valence-electron chi connectivity index (χ3n) is 6.56. The first-order chi connectivity index (χ1) is 19.4. The topological polar surface area (TPSA) is 108 Å². The molecule has 4 aromatic rings. The Morgan fingerprint density at radius 3 is 2.40 bits per heavy atom. The highest BCUT2D eigenvalue weighted by molar-refractivity contribution is 6.02. The van der Waals surface area contributed by atoms with E-state index in [0.717, 1.165) is 6.42 Å². The van der Waals surface area contributed by atoms with Crippen LogP contribution >= 0.6 is 0 Å². The van der Waals surface area contributed by atoms with E-state index < -0.39 is 6.04 Å². The minimum absolute atomic E-state index is 0.157. The van der Waals surface area contributed by atoms with Crippen molar-refractivity contribution in [3.05, 3.63) is 72.3 Å². The van der Waals surface area contributed by atoms with Gasteiger partial charge in [0.1, 0.15) is 35.4 Å². The van der Waals surface area contributed by atoms with Crippen LogP contribution < -0.4 is 24.4 Å². The predicted octanol–water partition coefficient (Wildman–Crippen LogP) is 4.39. The van der Waals surface area contributed by atoms with Crippen LogP contribution in [0, 0.1) is 5.92 Å². The minimum Gasteiger partial charge on any atom is -0.497 e. The molecule has 3 aromatic carbocycles. The van der Waals surface area contributed by atoms with Crippen molar-refractivity contribution in [3.8, 4) is 17.2 Å². The van der Waals surface area contributed by atoms with E-state index in [1.165, 1.54) is 16.7 Å². The number of carbonyl (C=O) groups is 2. The van der Waals surface area contributed by atoms with Crippen LogP contribution in [0.15, 0.2) is 66.7 Å². The summed E-state index contributed by atoms with van der Waals surface area (Å²) in [6, 6.07) is 18.6. The fraction of sp³-hybridized carbons (Fsp3) is 0.333. The molecular formula is C30H35N5O5. The van der Waals surface area contributed by atoms with Crippen molar-refractivity contribution in [2.45, 2.75) is 32.9 Å². The number of rotatable bonds is 12. The number of para-hydroxylation sites is 1. The van der Waals surface area contributed by atoms with E-state index >= 15 is 0 Å². The van der Waals surface area contributed by atoms with Gasteiger partial charge in [0.25, 0.3) is 0 Å². The normalized spacial score (nSPS) is 11.8. The molecule has 40 heavy (non-hydrogen) atoms. The van der Waals surface area contributed by atoms with Crippen LogP contribution in [0.2, 0.25) is 0 Å². The molecule has 0 saturated carbocycles. The number of ether oxygens (including phenoxy) is 3. The molecular weight excluding hydrogens is 510 g/mol. The number of amides is 2. The molecule has 0 spiro atoms. The van der Waals surface area contributed by atoms with Crippen molar-refractivity contribution in [3.63, 3.8) is 0 Å². The average Bonchev–Trinajstić information content (AvgIpc) is 3.37. The van der Waals surface area contributed by atoms with Crippen molar-refractivity contribution in [1.82, 2.24) is 20.3 Å². The Morgan fingerprint density at radius 2 is 1.68 bits per heavy atom. The summed E-state index contributed by atoms with van der Waals surface area (Å²) in [6.07, 6.45) is 0.793. The van der Waals surface area contributed by atoms with Gasteiger partial charge in [-0.15, -0.1) is 5.10 Å². The molecule has 210 valence electrons. The van der Waals surface area contributed by atoms with Crippen molar-refractivity contribution < 1.29 is 23.8 Å². The maximum absolute atomic E-state index is 14.3. The lowest BCUT2D eigenvalue weighted by molar-refractivity contribution is -0.127. The fourth-order valence-corrected chi connectivity index (χ4v) is 4.45. The molecule has 1 atom stereocenters. The minimum atomic E-state index is -1.04. The van der Waals surface area contributed by atoms with E-state index in [1.807, 2.05) is 24.3 Å².